The van der Waals surface area contributed by atoms with Crippen LogP contribution in [0.4, 0.5) is 5.69 Å². The van der Waals surface area contributed by atoms with Crippen molar-refractivity contribution >= 4 is 43.5 Å². The van der Waals surface area contributed by atoms with Crippen LogP contribution in [0.15, 0.2) is 45.3 Å². The zero-order valence-electron chi connectivity index (χ0n) is 10.6. The van der Waals surface area contributed by atoms with E-state index < -0.39 is 0 Å². The smallest absolute Gasteiger partial charge is 0.255 e. The number of rotatable bonds is 2. The Kier molecular flexibility index (Phi) is 4.42. The number of carbonyl (C=O) groups is 1. The van der Waals surface area contributed by atoms with Crippen molar-refractivity contribution in [1.29, 1.82) is 0 Å². The van der Waals surface area contributed by atoms with Gasteiger partial charge < -0.3 is 5.32 Å². The van der Waals surface area contributed by atoms with Crippen molar-refractivity contribution < 1.29 is 4.79 Å². The summed E-state index contributed by atoms with van der Waals surface area (Å²) in [6, 6.07) is 11.5. The van der Waals surface area contributed by atoms with Crippen molar-refractivity contribution in [3.63, 3.8) is 0 Å². The second kappa shape index (κ2) is 5.88. The number of benzene rings is 2. The molecule has 0 unspecified atom stereocenters. The summed E-state index contributed by atoms with van der Waals surface area (Å²) in [6.07, 6.45) is 0. The van der Waals surface area contributed by atoms with E-state index in [0.29, 0.717) is 5.56 Å². The monoisotopic (exact) mass is 381 g/mol. The van der Waals surface area contributed by atoms with Gasteiger partial charge in [-0.15, -0.1) is 0 Å². The van der Waals surface area contributed by atoms with E-state index in [1.165, 1.54) is 0 Å². The average molecular weight is 383 g/mol. The number of hydrogen-bond donors (Lipinski definition) is 1. The summed E-state index contributed by atoms with van der Waals surface area (Å²) in [5, 5.41) is 2.90. The molecule has 19 heavy (non-hydrogen) atoms. The highest BCUT2D eigenvalue weighted by atomic mass is 79.9. The largest absolute Gasteiger partial charge is 0.321 e. The molecule has 1 N–H and O–H groups in total. The number of aryl methyl sites for hydroxylation is 2. The fourth-order valence-corrected chi connectivity index (χ4v) is 3.04. The predicted molar refractivity (Wildman–Crippen MR) is 85.7 cm³/mol. The summed E-state index contributed by atoms with van der Waals surface area (Å²) in [7, 11) is 0. The fourth-order valence-electron chi connectivity index (χ4n) is 1.89. The van der Waals surface area contributed by atoms with Crippen LogP contribution in [0.25, 0.3) is 0 Å². The van der Waals surface area contributed by atoms with Crippen molar-refractivity contribution in [1.82, 2.24) is 0 Å². The van der Waals surface area contributed by atoms with Gasteiger partial charge in [0.25, 0.3) is 5.91 Å². The average Bonchev–Trinajstić information content (AvgIpc) is 2.31. The van der Waals surface area contributed by atoms with Crippen LogP contribution in [-0.4, -0.2) is 5.91 Å². The second-order valence-corrected chi connectivity index (χ2v) is 6.22. The molecular formula is C15H13Br2NO. The minimum atomic E-state index is -0.102. The summed E-state index contributed by atoms with van der Waals surface area (Å²) < 4.78 is 1.81. The lowest BCUT2D eigenvalue weighted by Crippen LogP contribution is -2.12. The quantitative estimate of drug-likeness (QED) is 0.770. The molecular weight excluding hydrogens is 370 g/mol. The van der Waals surface area contributed by atoms with Crippen LogP contribution >= 0.6 is 31.9 Å². The Bertz CT molecular complexity index is 618. The summed E-state index contributed by atoms with van der Waals surface area (Å²) in [6.45, 7) is 3.97. The van der Waals surface area contributed by atoms with Gasteiger partial charge in [-0.2, -0.15) is 0 Å². The molecule has 98 valence electrons. The molecule has 2 aromatic carbocycles. The molecule has 2 nitrogen and oxygen atoms in total. The molecule has 0 fully saturated rings. The molecule has 4 heteroatoms. The lowest BCUT2D eigenvalue weighted by atomic mass is 10.1. The van der Waals surface area contributed by atoms with Gasteiger partial charge in [0.15, 0.2) is 0 Å². The van der Waals surface area contributed by atoms with E-state index in [0.717, 1.165) is 25.8 Å². The van der Waals surface area contributed by atoms with Gasteiger partial charge >= 0.3 is 0 Å². The number of amides is 1. The SMILES string of the molecule is Cc1cc(C)cc(C(=O)Nc2ccc(Br)cc2Br)c1. The summed E-state index contributed by atoms with van der Waals surface area (Å²) in [5.41, 5.74) is 3.60. The number of carbonyl (C=O) groups excluding carboxylic acids is 1. The number of nitrogens with one attached hydrogen (secondary N) is 1. The number of hydrogen-bond acceptors (Lipinski definition) is 1. The molecule has 0 atom stereocenters. The van der Waals surface area contributed by atoms with E-state index >= 15 is 0 Å². The van der Waals surface area contributed by atoms with Crippen LogP contribution in [0.1, 0.15) is 21.5 Å². The zero-order valence-corrected chi connectivity index (χ0v) is 13.8. The third-order valence-corrected chi connectivity index (χ3v) is 3.81. The van der Waals surface area contributed by atoms with Crippen LogP contribution in [0.2, 0.25) is 0 Å². The van der Waals surface area contributed by atoms with E-state index in [9.17, 15) is 4.79 Å². The Morgan fingerprint density at radius 1 is 1.00 bits per heavy atom. The molecule has 1 amide bonds. The molecule has 0 aliphatic heterocycles. The summed E-state index contributed by atoms with van der Waals surface area (Å²) >= 11 is 6.82. The Morgan fingerprint density at radius 3 is 2.21 bits per heavy atom. The predicted octanol–water partition coefficient (Wildman–Crippen LogP) is 5.08. The van der Waals surface area contributed by atoms with Crippen molar-refractivity contribution in [2.75, 3.05) is 5.32 Å². The molecule has 0 bridgehead atoms. The van der Waals surface area contributed by atoms with Gasteiger partial charge in [-0.3, -0.25) is 4.79 Å². The molecule has 0 radical (unpaired) electrons. The van der Waals surface area contributed by atoms with Crippen molar-refractivity contribution in [2.24, 2.45) is 0 Å². The van der Waals surface area contributed by atoms with E-state index in [1.807, 2.05) is 50.2 Å². The maximum absolute atomic E-state index is 12.2. The molecule has 2 rings (SSSR count). The molecule has 2 aromatic rings. The highest BCUT2D eigenvalue weighted by Crippen LogP contribution is 2.26. The van der Waals surface area contributed by atoms with Gasteiger partial charge in [0, 0.05) is 14.5 Å². The Balaban J connectivity index is 2.25. The molecule has 0 saturated carbocycles. The first-order valence-corrected chi connectivity index (χ1v) is 7.39. The molecule has 0 spiro atoms. The van der Waals surface area contributed by atoms with Crippen LogP contribution in [0.5, 0.6) is 0 Å². The maximum Gasteiger partial charge on any atom is 0.255 e. The van der Waals surface area contributed by atoms with Crippen molar-refractivity contribution in [3.8, 4) is 0 Å². The third-order valence-electron chi connectivity index (χ3n) is 2.66. The normalized spacial score (nSPS) is 10.3. The van der Waals surface area contributed by atoms with Crippen molar-refractivity contribution in [3.05, 3.63) is 62.0 Å². The van der Waals surface area contributed by atoms with Crippen LogP contribution in [-0.2, 0) is 0 Å². The molecule has 0 aromatic heterocycles. The topological polar surface area (TPSA) is 29.1 Å². The summed E-state index contributed by atoms with van der Waals surface area (Å²) in [4.78, 5) is 12.2. The minimum absolute atomic E-state index is 0.102. The van der Waals surface area contributed by atoms with Gasteiger partial charge in [0.05, 0.1) is 5.69 Å². The van der Waals surface area contributed by atoms with E-state index in [4.69, 9.17) is 0 Å². The van der Waals surface area contributed by atoms with Gasteiger partial charge in [-0.1, -0.05) is 33.1 Å². The van der Waals surface area contributed by atoms with Gasteiger partial charge in [0.2, 0.25) is 0 Å². The van der Waals surface area contributed by atoms with Crippen LogP contribution in [0.3, 0.4) is 0 Å². The highest BCUT2D eigenvalue weighted by Gasteiger charge is 2.09. The lowest BCUT2D eigenvalue weighted by molar-refractivity contribution is 0.102. The Morgan fingerprint density at radius 2 is 1.63 bits per heavy atom. The number of halogens is 2. The zero-order chi connectivity index (χ0) is 14.0. The first kappa shape index (κ1) is 14.3. The van der Waals surface area contributed by atoms with Crippen LogP contribution in [0, 0.1) is 13.8 Å². The Labute approximate surface area is 129 Å². The first-order chi connectivity index (χ1) is 8.95. The minimum Gasteiger partial charge on any atom is -0.321 e. The first-order valence-electron chi connectivity index (χ1n) is 5.80. The molecule has 0 saturated heterocycles. The van der Waals surface area contributed by atoms with Gasteiger partial charge in [-0.25, -0.2) is 0 Å². The molecule has 0 aliphatic carbocycles. The molecule has 0 aliphatic rings. The lowest BCUT2D eigenvalue weighted by Gasteiger charge is -2.09. The number of anilines is 1. The van der Waals surface area contributed by atoms with Crippen molar-refractivity contribution in [2.45, 2.75) is 13.8 Å². The summed E-state index contributed by atoms with van der Waals surface area (Å²) in [5.74, 6) is -0.102. The van der Waals surface area contributed by atoms with Gasteiger partial charge in [0.1, 0.15) is 0 Å². The van der Waals surface area contributed by atoms with E-state index in [1.54, 1.807) is 0 Å². The second-order valence-electron chi connectivity index (χ2n) is 4.45. The molecule has 0 heterocycles. The maximum atomic E-state index is 12.2. The van der Waals surface area contributed by atoms with E-state index in [2.05, 4.69) is 37.2 Å². The fraction of sp³-hybridized carbons (Fsp3) is 0.133. The van der Waals surface area contributed by atoms with Crippen LogP contribution < -0.4 is 5.32 Å². The standard InChI is InChI=1S/C15H13Br2NO/c1-9-5-10(2)7-11(6-9)15(19)18-14-4-3-12(16)8-13(14)17/h3-8H,1-2H3,(H,18,19). The van der Waals surface area contributed by atoms with E-state index in [-0.39, 0.29) is 5.91 Å². The Hall–Kier alpha value is -1.13. The highest BCUT2D eigenvalue weighted by molar-refractivity contribution is 9.11. The third kappa shape index (κ3) is 3.67. The van der Waals surface area contributed by atoms with Gasteiger partial charge in [-0.05, 0) is 60.1 Å².